The predicted octanol–water partition coefficient (Wildman–Crippen LogP) is 1.72. The van der Waals surface area contributed by atoms with Gasteiger partial charge in [0.25, 0.3) is 0 Å². The summed E-state index contributed by atoms with van der Waals surface area (Å²) < 4.78 is 1.86. The van der Waals surface area contributed by atoms with Gasteiger partial charge in [-0.3, -0.25) is 0 Å². The zero-order valence-corrected chi connectivity index (χ0v) is 11.8. The third-order valence-electron chi connectivity index (χ3n) is 2.96. The van der Waals surface area contributed by atoms with Crippen LogP contribution in [-0.2, 0) is 6.54 Å². The van der Waals surface area contributed by atoms with Crippen molar-refractivity contribution in [2.24, 2.45) is 11.8 Å². The van der Waals surface area contributed by atoms with Crippen LogP contribution in [0.3, 0.4) is 0 Å². The van der Waals surface area contributed by atoms with Gasteiger partial charge in [-0.15, -0.1) is 0 Å². The molecule has 0 amide bonds. The van der Waals surface area contributed by atoms with Crippen LogP contribution in [-0.4, -0.2) is 31.2 Å². The molecule has 0 spiro atoms. The summed E-state index contributed by atoms with van der Waals surface area (Å²) in [6.07, 6.45) is 2.60. The number of halogens is 1. The normalized spacial score (nSPS) is 13.3. The third kappa shape index (κ3) is 3.13. The molecule has 0 bridgehead atoms. The number of rotatable bonds is 5. The molecule has 0 aliphatic heterocycles. The van der Waals surface area contributed by atoms with Gasteiger partial charge in [-0.2, -0.15) is 9.97 Å². The van der Waals surface area contributed by atoms with E-state index < -0.39 is 0 Å². The fourth-order valence-corrected chi connectivity index (χ4v) is 2.43. The van der Waals surface area contributed by atoms with Gasteiger partial charge in [0.1, 0.15) is 5.52 Å². The molecule has 6 nitrogen and oxygen atoms in total. The van der Waals surface area contributed by atoms with Crippen LogP contribution >= 0.6 is 11.6 Å². The van der Waals surface area contributed by atoms with E-state index in [0.717, 1.165) is 6.42 Å². The molecule has 0 unspecified atom stereocenters. The highest BCUT2D eigenvalue weighted by Gasteiger charge is 2.15. The van der Waals surface area contributed by atoms with Crippen LogP contribution in [0, 0.1) is 11.8 Å². The largest absolute Gasteiger partial charge is 0.396 e. The molecule has 2 heterocycles. The standard InChI is InChI=1S/C12H18ClN5O/c1-7(2)3-8(5-19)4-18-6-15-9-10(13)16-12(14)17-11(9)18/h6-8,19H,3-5H2,1-2H3,(H2,14,16,17)/t8-/m1/s1. The first kappa shape index (κ1) is 14.0. The highest BCUT2D eigenvalue weighted by Crippen LogP contribution is 2.21. The van der Waals surface area contributed by atoms with Crippen molar-refractivity contribution in [1.29, 1.82) is 0 Å². The van der Waals surface area contributed by atoms with Crippen LogP contribution in [0.25, 0.3) is 11.2 Å². The lowest BCUT2D eigenvalue weighted by Gasteiger charge is -2.17. The van der Waals surface area contributed by atoms with Gasteiger partial charge in [0.05, 0.1) is 6.33 Å². The minimum Gasteiger partial charge on any atom is -0.396 e. The number of aliphatic hydroxyl groups excluding tert-OH is 1. The number of hydrogen-bond acceptors (Lipinski definition) is 5. The Hall–Kier alpha value is -1.40. The van der Waals surface area contributed by atoms with Crippen LogP contribution in [0.5, 0.6) is 0 Å². The van der Waals surface area contributed by atoms with E-state index >= 15 is 0 Å². The van der Waals surface area contributed by atoms with Gasteiger partial charge in [-0.25, -0.2) is 4.98 Å². The minimum absolute atomic E-state index is 0.128. The molecular weight excluding hydrogens is 266 g/mol. The van der Waals surface area contributed by atoms with Crippen LogP contribution in [0.4, 0.5) is 5.95 Å². The molecule has 7 heteroatoms. The van der Waals surface area contributed by atoms with E-state index in [1.165, 1.54) is 0 Å². The van der Waals surface area contributed by atoms with Crippen molar-refractivity contribution in [2.75, 3.05) is 12.3 Å². The molecule has 0 saturated carbocycles. The Bertz CT molecular complexity index is 568. The Kier molecular flexibility index (Phi) is 4.21. The van der Waals surface area contributed by atoms with E-state index in [9.17, 15) is 5.11 Å². The monoisotopic (exact) mass is 283 g/mol. The molecule has 0 radical (unpaired) electrons. The predicted molar refractivity (Wildman–Crippen MR) is 74.8 cm³/mol. The van der Waals surface area contributed by atoms with Crippen LogP contribution in [0.1, 0.15) is 20.3 Å². The molecule has 2 rings (SSSR count). The summed E-state index contributed by atoms with van der Waals surface area (Å²) >= 11 is 5.97. The number of imidazole rings is 1. The maximum atomic E-state index is 9.44. The van der Waals surface area contributed by atoms with Gasteiger partial charge >= 0.3 is 0 Å². The van der Waals surface area contributed by atoms with Crippen molar-refractivity contribution in [3.63, 3.8) is 0 Å². The first-order valence-corrected chi connectivity index (χ1v) is 6.63. The van der Waals surface area contributed by atoms with Gasteiger partial charge in [0.15, 0.2) is 10.8 Å². The second kappa shape index (κ2) is 5.71. The van der Waals surface area contributed by atoms with Crippen molar-refractivity contribution >= 4 is 28.7 Å². The lowest BCUT2D eigenvalue weighted by Crippen LogP contribution is -2.16. The molecule has 0 aliphatic rings. The first-order chi connectivity index (χ1) is 9.01. The van der Waals surface area contributed by atoms with E-state index in [2.05, 4.69) is 28.8 Å². The molecule has 3 N–H and O–H groups in total. The first-order valence-electron chi connectivity index (χ1n) is 6.26. The average Bonchev–Trinajstić information content (AvgIpc) is 2.71. The summed E-state index contributed by atoms with van der Waals surface area (Å²) in [5.74, 6) is 0.811. The number of anilines is 1. The zero-order chi connectivity index (χ0) is 14.0. The van der Waals surface area contributed by atoms with Crippen molar-refractivity contribution in [1.82, 2.24) is 19.5 Å². The van der Waals surface area contributed by atoms with Gasteiger partial charge in [0, 0.05) is 19.1 Å². The van der Waals surface area contributed by atoms with E-state index in [0.29, 0.717) is 23.6 Å². The Balaban J connectivity index is 2.30. The SMILES string of the molecule is CC(C)C[C@@H](CO)Cn1cnc2c(Cl)nc(N)nc21. The van der Waals surface area contributed by atoms with Gasteiger partial charge in [-0.05, 0) is 12.3 Å². The summed E-state index contributed by atoms with van der Waals surface area (Å²) in [4.78, 5) is 12.2. The fraction of sp³-hybridized carbons (Fsp3) is 0.583. The molecule has 0 aliphatic carbocycles. The van der Waals surface area contributed by atoms with Gasteiger partial charge < -0.3 is 15.4 Å². The third-order valence-corrected chi connectivity index (χ3v) is 3.22. The Morgan fingerprint density at radius 1 is 1.42 bits per heavy atom. The Morgan fingerprint density at radius 2 is 2.16 bits per heavy atom. The quantitative estimate of drug-likeness (QED) is 0.816. The number of hydrogen-bond donors (Lipinski definition) is 2. The van der Waals surface area contributed by atoms with Crippen LogP contribution in [0.15, 0.2) is 6.33 Å². The van der Waals surface area contributed by atoms with E-state index in [4.69, 9.17) is 17.3 Å². The average molecular weight is 284 g/mol. The molecular formula is C12H18ClN5O. The maximum Gasteiger partial charge on any atom is 0.223 e. The molecule has 19 heavy (non-hydrogen) atoms. The van der Waals surface area contributed by atoms with Crippen LogP contribution in [0.2, 0.25) is 5.15 Å². The highest BCUT2D eigenvalue weighted by atomic mass is 35.5. The Morgan fingerprint density at radius 3 is 2.79 bits per heavy atom. The lowest BCUT2D eigenvalue weighted by atomic mass is 9.98. The van der Waals surface area contributed by atoms with Crippen molar-refractivity contribution in [2.45, 2.75) is 26.8 Å². The number of nitrogens with zero attached hydrogens (tertiary/aromatic N) is 4. The van der Waals surface area contributed by atoms with Crippen molar-refractivity contribution in [3.05, 3.63) is 11.5 Å². The summed E-state index contributed by atoms with van der Waals surface area (Å²) in [5.41, 5.74) is 6.75. The summed E-state index contributed by atoms with van der Waals surface area (Å²) in [6.45, 7) is 5.03. The summed E-state index contributed by atoms with van der Waals surface area (Å²) in [5, 5.41) is 9.69. The van der Waals surface area contributed by atoms with Gasteiger partial charge in [-0.1, -0.05) is 25.4 Å². The second-order valence-corrected chi connectivity index (χ2v) is 5.48. The van der Waals surface area contributed by atoms with Crippen molar-refractivity contribution < 1.29 is 5.11 Å². The number of nitrogens with two attached hydrogens (primary N) is 1. The lowest BCUT2D eigenvalue weighted by molar-refractivity contribution is 0.191. The molecule has 2 aromatic heterocycles. The molecule has 0 aromatic carbocycles. The zero-order valence-electron chi connectivity index (χ0n) is 11.0. The second-order valence-electron chi connectivity index (χ2n) is 5.12. The van der Waals surface area contributed by atoms with E-state index in [-0.39, 0.29) is 23.6 Å². The van der Waals surface area contributed by atoms with Gasteiger partial charge in [0.2, 0.25) is 5.95 Å². The maximum absolute atomic E-state index is 9.44. The fourth-order valence-electron chi connectivity index (χ4n) is 2.21. The van der Waals surface area contributed by atoms with Crippen LogP contribution < -0.4 is 5.73 Å². The molecule has 0 fully saturated rings. The molecule has 1 atom stereocenters. The van der Waals surface area contributed by atoms with E-state index in [1.807, 2.05) is 4.57 Å². The topological polar surface area (TPSA) is 89.8 Å². The van der Waals surface area contributed by atoms with Crippen molar-refractivity contribution in [3.8, 4) is 0 Å². The summed E-state index contributed by atoms with van der Waals surface area (Å²) in [7, 11) is 0. The van der Waals surface area contributed by atoms with E-state index in [1.54, 1.807) is 6.33 Å². The molecule has 0 saturated heterocycles. The minimum atomic E-state index is 0.128. The Labute approximate surface area is 116 Å². The molecule has 2 aromatic rings. The number of aromatic nitrogens is 4. The highest BCUT2D eigenvalue weighted by molar-refractivity contribution is 6.33. The number of aliphatic hydroxyl groups is 1. The summed E-state index contributed by atoms with van der Waals surface area (Å²) in [6, 6.07) is 0. The smallest absolute Gasteiger partial charge is 0.223 e. The number of nitrogen functional groups attached to an aromatic ring is 1. The number of fused-ring (bicyclic) bond motifs is 1. The molecule has 104 valence electrons.